The Morgan fingerprint density at radius 2 is 1.83 bits per heavy atom. The highest BCUT2D eigenvalue weighted by Crippen LogP contribution is 2.44. The summed E-state index contributed by atoms with van der Waals surface area (Å²) in [7, 11) is 1.61. The Balaban J connectivity index is 1.58. The van der Waals surface area contributed by atoms with E-state index in [-0.39, 0.29) is 17.1 Å². The average molecular weight is 467 g/mol. The Bertz CT molecular complexity index is 1640. The van der Waals surface area contributed by atoms with Crippen LogP contribution in [0.1, 0.15) is 25.8 Å². The lowest BCUT2D eigenvalue weighted by Crippen LogP contribution is -2.49. The summed E-state index contributed by atoms with van der Waals surface area (Å²) in [5.41, 5.74) is 15.6. The number of nitrogens with two attached hydrogens (primary N) is 2. The van der Waals surface area contributed by atoms with E-state index in [1.165, 1.54) is 6.33 Å². The highest BCUT2D eigenvalue weighted by molar-refractivity contribution is 6.02. The molecule has 0 spiro atoms. The third-order valence-electron chi connectivity index (χ3n) is 6.98. The SMILES string of the molecule is COc1cn(-c2ccccc2)c(=O)c2cc(-c3cn(C4CC(C)(N)C4)c4ncnc(N)c34)ccc12. The van der Waals surface area contributed by atoms with Gasteiger partial charge in [-0.15, -0.1) is 0 Å². The molecule has 3 aromatic heterocycles. The molecule has 0 bridgehead atoms. The quantitative estimate of drug-likeness (QED) is 0.413. The number of hydrogen-bond donors (Lipinski definition) is 2. The van der Waals surface area contributed by atoms with Gasteiger partial charge in [0.05, 0.1) is 24.1 Å². The van der Waals surface area contributed by atoms with Crippen LogP contribution < -0.4 is 21.8 Å². The fourth-order valence-corrected chi connectivity index (χ4v) is 5.24. The van der Waals surface area contributed by atoms with E-state index in [1.54, 1.807) is 17.9 Å². The lowest BCUT2D eigenvalue weighted by atomic mass is 9.75. The molecule has 1 aliphatic rings. The van der Waals surface area contributed by atoms with Gasteiger partial charge < -0.3 is 20.8 Å². The molecule has 0 unspecified atom stereocenters. The first-order valence-corrected chi connectivity index (χ1v) is 11.6. The molecule has 1 saturated carbocycles. The van der Waals surface area contributed by atoms with Crippen molar-refractivity contribution in [3.8, 4) is 22.6 Å². The van der Waals surface area contributed by atoms with Gasteiger partial charge in [0.25, 0.3) is 5.56 Å². The summed E-state index contributed by atoms with van der Waals surface area (Å²) in [4.78, 5) is 22.4. The molecular formula is C27H26N6O2. The number of aromatic nitrogens is 4. The number of para-hydroxylation sites is 1. The number of nitrogens with zero attached hydrogens (tertiary/aromatic N) is 4. The number of hydrogen-bond acceptors (Lipinski definition) is 6. The lowest BCUT2D eigenvalue weighted by Gasteiger charge is -2.43. The minimum absolute atomic E-state index is 0.125. The maximum Gasteiger partial charge on any atom is 0.263 e. The van der Waals surface area contributed by atoms with Crippen molar-refractivity contribution < 1.29 is 4.74 Å². The number of rotatable bonds is 4. The molecule has 2 aromatic carbocycles. The van der Waals surface area contributed by atoms with E-state index < -0.39 is 0 Å². The Kier molecular flexibility index (Phi) is 4.69. The summed E-state index contributed by atoms with van der Waals surface area (Å²) < 4.78 is 9.40. The van der Waals surface area contributed by atoms with Crippen molar-refractivity contribution in [3.05, 3.63) is 77.6 Å². The molecule has 4 N–H and O–H groups in total. The van der Waals surface area contributed by atoms with Gasteiger partial charge in [-0.3, -0.25) is 9.36 Å². The largest absolute Gasteiger partial charge is 0.495 e. The molecule has 1 fully saturated rings. The van der Waals surface area contributed by atoms with Crippen molar-refractivity contribution in [2.45, 2.75) is 31.3 Å². The first kappa shape index (κ1) is 21.4. The van der Waals surface area contributed by atoms with E-state index in [9.17, 15) is 4.79 Å². The fourth-order valence-electron chi connectivity index (χ4n) is 5.24. The highest BCUT2D eigenvalue weighted by atomic mass is 16.5. The first-order valence-electron chi connectivity index (χ1n) is 11.6. The van der Waals surface area contributed by atoms with Gasteiger partial charge in [-0.25, -0.2) is 9.97 Å². The second kappa shape index (κ2) is 7.68. The Labute approximate surface area is 201 Å². The van der Waals surface area contributed by atoms with E-state index in [1.807, 2.05) is 48.5 Å². The molecule has 5 aromatic rings. The summed E-state index contributed by atoms with van der Waals surface area (Å²) in [5.74, 6) is 1.03. The topological polar surface area (TPSA) is 114 Å². The van der Waals surface area contributed by atoms with Crippen molar-refractivity contribution in [2.24, 2.45) is 5.73 Å². The van der Waals surface area contributed by atoms with E-state index in [0.29, 0.717) is 17.0 Å². The zero-order valence-corrected chi connectivity index (χ0v) is 19.6. The number of methoxy groups -OCH3 is 1. The Hall–Kier alpha value is -4.17. The van der Waals surface area contributed by atoms with Crippen LogP contribution >= 0.6 is 0 Å². The molecule has 3 heterocycles. The lowest BCUT2D eigenvalue weighted by molar-refractivity contribution is 0.176. The fraction of sp³-hybridized carbons (Fsp3) is 0.222. The first-order chi connectivity index (χ1) is 16.9. The molecule has 0 aliphatic heterocycles. The summed E-state index contributed by atoms with van der Waals surface area (Å²) >= 11 is 0. The summed E-state index contributed by atoms with van der Waals surface area (Å²) in [6.07, 6.45) is 7.00. The normalized spacial score (nSPS) is 19.7. The molecule has 6 rings (SSSR count). The molecular weight excluding hydrogens is 440 g/mol. The smallest absolute Gasteiger partial charge is 0.263 e. The van der Waals surface area contributed by atoms with Gasteiger partial charge in [0.15, 0.2) is 0 Å². The Morgan fingerprint density at radius 1 is 1.06 bits per heavy atom. The summed E-state index contributed by atoms with van der Waals surface area (Å²) in [6.45, 7) is 2.06. The predicted octanol–water partition coefficient (Wildman–Crippen LogP) is 4.05. The standard InChI is InChI=1S/C27H26N6O2/c1-27(29)11-18(12-27)32-13-21(23-24(28)30-15-31-25(23)32)16-8-9-19-20(10-16)26(34)33(14-22(19)35-2)17-6-4-3-5-7-17/h3-10,13-15,18H,11-12,29H2,1-2H3,(H2,28,30,31). The third kappa shape index (κ3) is 3.37. The minimum Gasteiger partial charge on any atom is -0.495 e. The van der Waals surface area contributed by atoms with Crippen LogP contribution in [-0.2, 0) is 0 Å². The van der Waals surface area contributed by atoms with Crippen LogP contribution in [0.25, 0.3) is 38.6 Å². The number of pyridine rings is 1. The van der Waals surface area contributed by atoms with E-state index in [4.69, 9.17) is 16.2 Å². The van der Waals surface area contributed by atoms with Gasteiger partial charge in [-0.1, -0.05) is 24.3 Å². The zero-order chi connectivity index (χ0) is 24.3. The van der Waals surface area contributed by atoms with E-state index in [0.717, 1.165) is 46.1 Å². The zero-order valence-electron chi connectivity index (χ0n) is 19.6. The van der Waals surface area contributed by atoms with Crippen molar-refractivity contribution in [3.63, 3.8) is 0 Å². The van der Waals surface area contributed by atoms with Gasteiger partial charge in [-0.05, 0) is 49.6 Å². The van der Waals surface area contributed by atoms with Crippen molar-refractivity contribution in [1.82, 2.24) is 19.1 Å². The van der Waals surface area contributed by atoms with Crippen molar-refractivity contribution in [2.75, 3.05) is 12.8 Å². The van der Waals surface area contributed by atoms with Gasteiger partial charge in [-0.2, -0.15) is 0 Å². The molecule has 8 heteroatoms. The molecule has 0 atom stereocenters. The van der Waals surface area contributed by atoms with Crippen molar-refractivity contribution >= 4 is 27.6 Å². The van der Waals surface area contributed by atoms with Crippen LogP contribution in [-0.4, -0.2) is 31.8 Å². The molecule has 0 saturated heterocycles. The maximum absolute atomic E-state index is 13.6. The van der Waals surface area contributed by atoms with Crippen LogP contribution in [0.4, 0.5) is 5.82 Å². The minimum atomic E-state index is -0.179. The maximum atomic E-state index is 13.6. The van der Waals surface area contributed by atoms with Gasteiger partial charge >= 0.3 is 0 Å². The Morgan fingerprint density at radius 3 is 2.54 bits per heavy atom. The number of ether oxygens (including phenoxy) is 1. The molecule has 8 nitrogen and oxygen atoms in total. The summed E-state index contributed by atoms with van der Waals surface area (Å²) in [5, 5.41) is 2.09. The van der Waals surface area contributed by atoms with Crippen LogP contribution in [0.3, 0.4) is 0 Å². The van der Waals surface area contributed by atoms with Gasteiger partial charge in [0.1, 0.15) is 23.5 Å². The van der Waals surface area contributed by atoms with Crippen molar-refractivity contribution in [1.29, 1.82) is 0 Å². The molecule has 0 amide bonds. The molecule has 0 radical (unpaired) electrons. The van der Waals surface area contributed by atoms with E-state index >= 15 is 0 Å². The van der Waals surface area contributed by atoms with E-state index in [2.05, 4.69) is 27.7 Å². The second-order valence-electron chi connectivity index (χ2n) is 9.59. The van der Waals surface area contributed by atoms with Crippen LogP contribution in [0.2, 0.25) is 0 Å². The molecule has 176 valence electrons. The van der Waals surface area contributed by atoms with Crippen LogP contribution in [0, 0.1) is 0 Å². The monoisotopic (exact) mass is 466 g/mol. The number of fused-ring (bicyclic) bond motifs is 2. The van der Waals surface area contributed by atoms with Gasteiger partial charge in [0.2, 0.25) is 0 Å². The van der Waals surface area contributed by atoms with Gasteiger partial charge in [0, 0.05) is 34.4 Å². The average Bonchev–Trinajstić information content (AvgIpc) is 3.24. The molecule has 1 aliphatic carbocycles. The number of nitrogen functional groups attached to an aromatic ring is 1. The van der Waals surface area contributed by atoms with Crippen LogP contribution in [0.5, 0.6) is 5.75 Å². The third-order valence-corrected chi connectivity index (χ3v) is 6.98. The second-order valence-corrected chi connectivity index (χ2v) is 9.59. The summed E-state index contributed by atoms with van der Waals surface area (Å²) in [6, 6.07) is 15.6. The number of anilines is 1. The number of benzene rings is 2. The highest BCUT2D eigenvalue weighted by Gasteiger charge is 2.39. The van der Waals surface area contributed by atoms with Crippen LogP contribution in [0.15, 0.2) is 72.0 Å². The molecule has 35 heavy (non-hydrogen) atoms. The predicted molar refractivity (Wildman–Crippen MR) is 138 cm³/mol.